The van der Waals surface area contributed by atoms with Gasteiger partial charge in [-0.05, 0) is 26.3 Å². The van der Waals surface area contributed by atoms with E-state index in [1.165, 1.54) is 0 Å². The van der Waals surface area contributed by atoms with Crippen LogP contribution in [0.1, 0.15) is 26.2 Å². The van der Waals surface area contributed by atoms with Crippen molar-refractivity contribution in [2.24, 2.45) is 5.92 Å². The number of carbonyl (C=O) groups excluding carboxylic acids is 1. The molecule has 0 spiro atoms. The molecule has 1 aliphatic rings. The number of rotatable bonds is 3. The normalized spacial score (nSPS) is 20.8. The fourth-order valence-electron chi connectivity index (χ4n) is 1.59. The zero-order valence-corrected chi connectivity index (χ0v) is 8.73. The van der Waals surface area contributed by atoms with Crippen LogP contribution in [0.4, 0.5) is 0 Å². The maximum absolute atomic E-state index is 11.6. The summed E-state index contributed by atoms with van der Waals surface area (Å²) in [5.74, 6) is 6.07. The van der Waals surface area contributed by atoms with Crippen molar-refractivity contribution in [3.05, 3.63) is 0 Å². The van der Waals surface area contributed by atoms with Gasteiger partial charge in [-0.25, -0.2) is 0 Å². The Morgan fingerprint density at radius 3 is 3.14 bits per heavy atom. The van der Waals surface area contributed by atoms with Gasteiger partial charge < -0.3 is 10.6 Å². The van der Waals surface area contributed by atoms with Crippen LogP contribution in [0.2, 0.25) is 0 Å². The van der Waals surface area contributed by atoms with Gasteiger partial charge in [0.1, 0.15) is 0 Å². The van der Waals surface area contributed by atoms with Crippen molar-refractivity contribution in [1.82, 2.24) is 10.6 Å². The molecule has 1 unspecified atom stereocenters. The van der Waals surface area contributed by atoms with Gasteiger partial charge in [0.15, 0.2) is 0 Å². The van der Waals surface area contributed by atoms with Crippen LogP contribution in [0, 0.1) is 17.8 Å². The first-order valence-electron chi connectivity index (χ1n) is 5.22. The molecule has 1 rings (SSSR count). The first kappa shape index (κ1) is 11.1. The minimum Gasteiger partial charge on any atom is -0.355 e. The summed E-state index contributed by atoms with van der Waals surface area (Å²) in [5.41, 5.74) is 0. The molecule has 14 heavy (non-hydrogen) atoms. The smallest absolute Gasteiger partial charge is 0.224 e. The lowest BCUT2D eigenvalue weighted by atomic mass is 9.99. The molecule has 2 N–H and O–H groups in total. The molecule has 1 amide bonds. The monoisotopic (exact) mass is 194 g/mol. The van der Waals surface area contributed by atoms with Gasteiger partial charge in [-0.1, -0.05) is 0 Å². The van der Waals surface area contributed by atoms with Crippen molar-refractivity contribution < 1.29 is 4.79 Å². The summed E-state index contributed by atoms with van der Waals surface area (Å²) in [7, 11) is 0. The van der Waals surface area contributed by atoms with Crippen LogP contribution in [0.15, 0.2) is 0 Å². The van der Waals surface area contributed by atoms with Crippen LogP contribution < -0.4 is 10.6 Å². The third-order valence-electron chi connectivity index (χ3n) is 2.39. The van der Waals surface area contributed by atoms with E-state index < -0.39 is 0 Å². The van der Waals surface area contributed by atoms with Crippen LogP contribution in [-0.4, -0.2) is 25.5 Å². The summed E-state index contributed by atoms with van der Waals surface area (Å²) in [5, 5.41) is 6.13. The highest BCUT2D eigenvalue weighted by Gasteiger charge is 2.19. The predicted molar refractivity (Wildman–Crippen MR) is 56.7 cm³/mol. The Morgan fingerprint density at radius 1 is 1.64 bits per heavy atom. The molecule has 3 nitrogen and oxygen atoms in total. The van der Waals surface area contributed by atoms with Gasteiger partial charge in [0.25, 0.3) is 0 Å². The van der Waals surface area contributed by atoms with Gasteiger partial charge in [0.2, 0.25) is 5.91 Å². The summed E-state index contributed by atoms with van der Waals surface area (Å²) < 4.78 is 0. The summed E-state index contributed by atoms with van der Waals surface area (Å²) in [6, 6.07) is 0. The molecule has 78 valence electrons. The molecular formula is C11H18N2O. The van der Waals surface area contributed by atoms with Crippen molar-refractivity contribution in [3.8, 4) is 11.8 Å². The molecule has 0 bridgehead atoms. The van der Waals surface area contributed by atoms with Gasteiger partial charge in [-0.3, -0.25) is 4.79 Å². The van der Waals surface area contributed by atoms with E-state index in [1.54, 1.807) is 0 Å². The Bertz CT molecular complexity index is 233. The zero-order valence-electron chi connectivity index (χ0n) is 8.73. The summed E-state index contributed by atoms with van der Waals surface area (Å²) >= 11 is 0. The number of piperidine rings is 1. The third-order valence-corrected chi connectivity index (χ3v) is 2.39. The van der Waals surface area contributed by atoms with E-state index in [0.29, 0.717) is 6.54 Å². The molecule has 0 aromatic carbocycles. The molecule has 1 atom stereocenters. The molecule has 1 saturated heterocycles. The highest BCUT2D eigenvalue weighted by atomic mass is 16.1. The van der Waals surface area contributed by atoms with E-state index in [2.05, 4.69) is 22.5 Å². The molecule has 0 radical (unpaired) electrons. The summed E-state index contributed by atoms with van der Waals surface area (Å²) in [4.78, 5) is 11.6. The lowest BCUT2D eigenvalue weighted by molar-refractivity contribution is -0.125. The van der Waals surface area contributed by atoms with Gasteiger partial charge in [-0.2, -0.15) is 0 Å². The Labute approximate surface area is 85.6 Å². The van der Waals surface area contributed by atoms with Gasteiger partial charge in [-0.15, -0.1) is 11.8 Å². The molecule has 0 aromatic rings. The number of carbonyl (C=O) groups is 1. The lowest BCUT2D eigenvalue weighted by Gasteiger charge is -2.21. The molecule has 0 saturated carbocycles. The minimum absolute atomic E-state index is 0.165. The summed E-state index contributed by atoms with van der Waals surface area (Å²) in [6.45, 7) is 4.36. The standard InChI is InChI=1S/C11H18N2O/c1-2-3-4-8-13-11(14)10-6-5-7-12-9-10/h10,12H,4-9H2,1H3,(H,13,14). The fraction of sp³-hybridized carbons (Fsp3) is 0.727. The second kappa shape index (κ2) is 6.44. The van der Waals surface area contributed by atoms with Crippen LogP contribution in [0.5, 0.6) is 0 Å². The summed E-state index contributed by atoms with van der Waals surface area (Å²) in [6.07, 6.45) is 2.87. The second-order valence-electron chi connectivity index (χ2n) is 3.51. The molecule has 1 fully saturated rings. The molecular weight excluding hydrogens is 176 g/mol. The zero-order chi connectivity index (χ0) is 10.2. The topological polar surface area (TPSA) is 41.1 Å². The second-order valence-corrected chi connectivity index (χ2v) is 3.51. The van der Waals surface area contributed by atoms with E-state index in [9.17, 15) is 4.79 Å². The van der Waals surface area contributed by atoms with E-state index >= 15 is 0 Å². The maximum Gasteiger partial charge on any atom is 0.224 e. The largest absolute Gasteiger partial charge is 0.355 e. The molecule has 3 heteroatoms. The lowest BCUT2D eigenvalue weighted by Crippen LogP contribution is -2.40. The number of amides is 1. The SMILES string of the molecule is CC#CCCNC(=O)C1CCCNC1. The number of hydrogen-bond donors (Lipinski definition) is 2. The van der Waals surface area contributed by atoms with Crippen molar-refractivity contribution in [3.63, 3.8) is 0 Å². The molecule has 0 aliphatic carbocycles. The predicted octanol–water partition coefficient (Wildman–Crippen LogP) is 0.516. The Hall–Kier alpha value is -1.01. The van der Waals surface area contributed by atoms with Gasteiger partial charge in [0.05, 0.1) is 5.92 Å². The molecule has 1 aliphatic heterocycles. The van der Waals surface area contributed by atoms with E-state index in [1.807, 2.05) is 6.92 Å². The Balaban J connectivity index is 2.15. The number of nitrogens with one attached hydrogen (secondary N) is 2. The van der Waals surface area contributed by atoms with E-state index in [-0.39, 0.29) is 11.8 Å². The van der Waals surface area contributed by atoms with Crippen LogP contribution in [0.3, 0.4) is 0 Å². The quantitative estimate of drug-likeness (QED) is 0.508. The third kappa shape index (κ3) is 3.80. The van der Waals surface area contributed by atoms with Crippen molar-refractivity contribution in [1.29, 1.82) is 0 Å². The first-order chi connectivity index (χ1) is 6.84. The van der Waals surface area contributed by atoms with Crippen molar-refractivity contribution in [2.75, 3.05) is 19.6 Å². The highest BCUT2D eigenvalue weighted by molar-refractivity contribution is 5.78. The van der Waals surface area contributed by atoms with Crippen molar-refractivity contribution in [2.45, 2.75) is 26.2 Å². The Kier molecular flexibility index (Phi) is 5.09. The van der Waals surface area contributed by atoms with Crippen LogP contribution in [-0.2, 0) is 4.79 Å². The number of hydrogen-bond acceptors (Lipinski definition) is 2. The van der Waals surface area contributed by atoms with Crippen LogP contribution in [0.25, 0.3) is 0 Å². The van der Waals surface area contributed by atoms with E-state index in [4.69, 9.17) is 0 Å². The van der Waals surface area contributed by atoms with Crippen molar-refractivity contribution >= 4 is 5.91 Å². The van der Waals surface area contributed by atoms with E-state index in [0.717, 1.165) is 32.4 Å². The average Bonchev–Trinajstić information content (AvgIpc) is 2.25. The maximum atomic E-state index is 11.6. The molecule has 1 heterocycles. The average molecular weight is 194 g/mol. The van der Waals surface area contributed by atoms with Gasteiger partial charge in [0, 0.05) is 19.5 Å². The van der Waals surface area contributed by atoms with Crippen LogP contribution >= 0.6 is 0 Å². The fourth-order valence-corrected chi connectivity index (χ4v) is 1.59. The van der Waals surface area contributed by atoms with Gasteiger partial charge >= 0.3 is 0 Å². The highest BCUT2D eigenvalue weighted by Crippen LogP contribution is 2.09. The Morgan fingerprint density at radius 2 is 2.50 bits per heavy atom. The first-order valence-corrected chi connectivity index (χ1v) is 5.22. The minimum atomic E-state index is 0.165. The molecule has 0 aromatic heterocycles.